The number of hydrogen-bond donors (Lipinski definition) is 1. The molecule has 1 aromatic heterocycles. The maximum atomic E-state index is 3.96. The number of nitrogens with one attached hydrogen (secondary N) is 1. The third kappa shape index (κ3) is 3.66. The van der Waals surface area contributed by atoms with Crippen molar-refractivity contribution >= 4 is 35.7 Å². The molecule has 2 aromatic rings. The molecule has 1 N–H and O–H groups in total. The minimum absolute atomic E-state index is 0. The van der Waals surface area contributed by atoms with Crippen LogP contribution in [-0.4, -0.2) is 35.6 Å². The lowest BCUT2D eigenvalue weighted by atomic mass is 10.0. The van der Waals surface area contributed by atoms with Gasteiger partial charge in [0, 0.05) is 56.4 Å². The summed E-state index contributed by atoms with van der Waals surface area (Å²) in [7, 11) is 2.13. The predicted octanol–water partition coefficient (Wildman–Crippen LogP) is 3.54. The fourth-order valence-corrected chi connectivity index (χ4v) is 3.26. The molecule has 1 aliphatic heterocycles. The third-order valence-electron chi connectivity index (χ3n) is 4.27. The average molecular weight is 342 g/mol. The van der Waals surface area contributed by atoms with E-state index >= 15 is 0 Å². The third-order valence-corrected chi connectivity index (χ3v) is 4.27. The summed E-state index contributed by atoms with van der Waals surface area (Å²) in [6.45, 7) is 8.35. The molecule has 0 unspecified atom stereocenters. The second-order valence-corrected chi connectivity index (χ2v) is 5.54. The van der Waals surface area contributed by atoms with Gasteiger partial charge in [-0.25, -0.2) is 0 Å². The van der Waals surface area contributed by atoms with Gasteiger partial charge in [-0.1, -0.05) is 24.3 Å². The van der Waals surface area contributed by atoms with E-state index in [4.69, 9.17) is 0 Å². The van der Waals surface area contributed by atoms with Gasteiger partial charge in [-0.15, -0.1) is 31.4 Å². The molecule has 0 amide bonds. The van der Waals surface area contributed by atoms with Crippen molar-refractivity contribution in [2.45, 2.75) is 12.5 Å². The highest BCUT2D eigenvalue weighted by Crippen LogP contribution is 2.32. The van der Waals surface area contributed by atoms with Crippen LogP contribution in [0.2, 0.25) is 0 Å². The Morgan fingerprint density at radius 1 is 1.23 bits per heavy atom. The highest BCUT2D eigenvalue weighted by molar-refractivity contribution is 5.86. The normalized spacial score (nSPS) is 16.6. The predicted molar refractivity (Wildman–Crippen MR) is 99.4 cm³/mol. The standard InChI is InChI=1S/C17H23N3.2ClH/c1-3-6-17(20-11-9-18-10-12-20)15-13-19(2)16-8-5-4-7-14(15)16;;/h3-5,7-8,13,17-18H,1,6,9-12H2,2H3;2*1H/t17-;;/m0../s1. The maximum absolute atomic E-state index is 3.96. The highest BCUT2D eigenvalue weighted by Gasteiger charge is 2.23. The van der Waals surface area contributed by atoms with E-state index in [9.17, 15) is 0 Å². The topological polar surface area (TPSA) is 20.2 Å². The lowest BCUT2D eigenvalue weighted by Crippen LogP contribution is -2.45. The van der Waals surface area contributed by atoms with Gasteiger partial charge >= 0.3 is 0 Å². The van der Waals surface area contributed by atoms with Crippen molar-refractivity contribution in [1.82, 2.24) is 14.8 Å². The molecular formula is C17H25Cl2N3. The Kier molecular flexibility index (Phi) is 7.43. The summed E-state index contributed by atoms with van der Waals surface area (Å²) >= 11 is 0. The molecule has 3 nitrogen and oxygen atoms in total. The number of aryl methyl sites for hydroxylation is 1. The molecule has 5 heteroatoms. The van der Waals surface area contributed by atoms with Gasteiger partial charge in [0.2, 0.25) is 0 Å². The van der Waals surface area contributed by atoms with Crippen LogP contribution in [0.5, 0.6) is 0 Å². The SMILES string of the molecule is C=CC[C@@H](c1cn(C)c2ccccc12)N1CCNCC1.Cl.Cl. The van der Waals surface area contributed by atoms with Crippen molar-refractivity contribution in [3.8, 4) is 0 Å². The molecule has 122 valence electrons. The molecule has 0 bridgehead atoms. The fraction of sp³-hybridized carbons (Fsp3) is 0.412. The summed E-state index contributed by atoms with van der Waals surface area (Å²) in [6, 6.07) is 9.12. The fourth-order valence-electron chi connectivity index (χ4n) is 3.26. The summed E-state index contributed by atoms with van der Waals surface area (Å²) in [4.78, 5) is 2.58. The summed E-state index contributed by atoms with van der Waals surface area (Å²) in [5.74, 6) is 0. The molecule has 22 heavy (non-hydrogen) atoms. The van der Waals surface area contributed by atoms with Crippen molar-refractivity contribution in [3.05, 3.63) is 48.7 Å². The first-order valence-corrected chi connectivity index (χ1v) is 7.41. The van der Waals surface area contributed by atoms with Gasteiger partial charge in [-0.2, -0.15) is 0 Å². The van der Waals surface area contributed by atoms with Gasteiger partial charge in [0.05, 0.1) is 0 Å². The molecule has 1 aliphatic rings. The Balaban J connectivity index is 0.00000121. The van der Waals surface area contributed by atoms with Crippen molar-refractivity contribution in [3.63, 3.8) is 0 Å². The molecule has 1 fully saturated rings. The molecule has 1 atom stereocenters. The molecule has 1 saturated heterocycles. The highest BCUT2D eigenvalue weighted by atomic mass is 35.5. The minimum atomic E-state index is 0. The van der Waals surface area contributed by atoms with Crippen molar-refractivity contribution in [2.24, 2.45) is 7.05 Å². The first-order valence-electron chi connectivity index (χ1n) is 7.41. The number of rotatable bonds is 4. The van der Waals surface area contributed by atoms with Gasteiger partial charge < -0.3 is 9.88 Å². The number of fused-ring (bicyclic) bond motifs is 1. The van der Waals surface area contributed by atoms with Crippen LogP contribution in [-0.2, 0) is 7.05 Å². The van der Waals surface area contributed by atoms with Gasteiger partial charge in [0.25, 0.3) is 0 Å². The van der Waals surface area contributed by atoms with Crippen LogP contribution in [0, 0.1) is 0 Å². The lowest BCUT2D eigenvalue weighted by molar-refractivity contribution is 0.175. The molecule has 0 aliphatic carbocycles. The Morgan fingerprint density at radius 3 is 2.59 bits per heavy atom. The average Bonchev–Trinajstić information content (AvgIpc) is 2.83. The monoisotopic (exact) mass is 341 g/mol. The van der Waals surface area contributed by atoms with E-state index in [2.05, 4.69) is 64.9 Å². The van der Waals surface area contributed by atoms with E-state index in [0.29, 0.717) is 6.04 Å². The largest absolute Gasteiger partial charge is 0.350 e. The van der Waals surface area contributed by atoms with Crippen LogP contribution in [0.1, 0.15) is 18.0 Å². The van der Waals surface area contributed by atoms with Crippen molar-refractivity contribution < 1.29 is 0 Å². The van der Waals surface area contributed by atoms with E-state index in [-0.39, 0.29) is 24.8 Å². The molecule has 3 rings (SSSR count). The van der Waals surface area contributed by atoms with Crippen molar-refractivity contribution in [1.29, 1.82) is 0 Å². The number of nitrogens with zero attached hydrogens (tertiary/aromatic N) is 2. The minimum Gasteiger partial charge on any atom is -0.350 e. The van der Waals surface area contributed by atoms with E-state index in [1.807, 2.05) is 0 Å². The van der Waals surface area contributed by atoms with Crippen LogP contribution in [0.25, 0.3) is 10.9 Å². The van der Waals surface area contributed by atoms with Crippen LogP contribution < -0.4 is 5.32 Å². The smallest absolute Gasteiger partial charge is 0.0481 e. The van der Waals surface area contributed by atoms with Gasteiger partial charge in [-0.3, -0.25) is 4.90 Å². The Morgan fingerprint density at radius 2 is 1.91 bits per heavy atom. The lowest BCUT2D eigenvalue weighted by Gasteiger charge is -2.34. The summed E-state index contributed by atoms with van der Waals surface area (Å²) in [6.07, 6.45) is 5.35. The van der Waals surface area contributed by atoms with Gasteiger partial charge in [-0.05, 0) is 18.1 Å². The second kappa shape index (κ2) is 8.59. The second-order valence-electron chi connectivity index (χ2n) is 5.54. The van der Waals surface area contributed by atoms with E-state index in [1.165, 1.54) is 16.5 Å². The van der Waals surface area contributed by atoms with Crippen LogP contribution in [0.15, 0.2) is 43.1 Å². The number of halogens is 2. The number of benzene rings is 1. The van der Waals surface area contributed by atoms with E-state index in [1.54, 1.807) is 0 Å². The zero-order valence-corrected chi connectivity index (χ0v) is 14.6. The Labute approximate surface area is 145 Å². The quantitative estimate of drug-likeness (QED) is 0.858. The molecule has 2 heterocycles. The number of aromatic nitrogens is 1. The summed E-state index contributed by atoms with van der Waals surface area (Å²) < 4.78 is 2.24. The van der Waals surface area contributed by atoms with Crippen LogP contribution >= 0.6 is 24.8 Å². The first-order chi connectivity index (χ1) is 9.81. The van der Waals surface area contributed by atoms with Crippen LogP contribution in [0.3, 0.4) is 0 Å². The Bertz CT molecular complexity index is 603. The van der Waals surface area contributed by atoms with Crippen molar-refractivity contribution in [2.75, 3.05) is 26.2 Å². The van der Waals surface area contributed by atoms with Crippen LogP contribution in [0.4, 0.5) is 0 Å². The zero-order chi connectivity index (χ0) is 13.9. The molecule has 0 radical (unpaired) electrons. The van der Waals surface area contributed by atoms with Gasteiger partial charge in [0.15, 0.2) is 0 Å². The summed E-state index contributed by atoms with van der Waals surface area (Å²) in [5.41, 5.74) is 2.75. The van der Waals surface area contributed by atoms with E-state index in [0.717, 1.165) is 32.6 Å². The van der Waals surface area contributed by atoms with E-state index < -0.39 is 0 Å². The molecule has 0 saturated carbocycles. The van der Waals surface area contributed by atoms with Gasteiger partial charge in [0.1, 0.15) is 0 Å². The Hall–Kier alpha value is -1.000. The summed E-state index contributed by atoms with van der Waals surface area (Å²) in [5, 5.41) is 4.81. The molecule has 1 aromatic carbocycles. The number of para-hydroxylation sites is 1. The zero-order valence-electron chi connectivity index (χ0n) is 13.0. The molecular weight excluding hydrogens is 317 g/mol. The first kappa shape index (κ1) is 19.0. The molecule has 0 spiro atoms. The number of piperazine rings is 1. The number of hydrogen-bond acceptors (Lipinski definition) is 2. The maximum Gasteiger partial charge on any atom is 0.0481 e.